The molecule has 0 radical (unpaired) electrons. The average molecular weight is 284 g/mol. The maximum atomic E-state index is 12.5. The largest absolute Gasteiger partial charge is 0.370 e. The van der Waals surface area contributed by atoms with Gasteiger partial charge in [-0.25, -0.2) is 0 Å². The summed E-state index contributed by atoms with van der Waals surface area (Å²) < 4.78 is 0. The molecule has 2 heterocycles. The minimum absolute atomic E-state index is 0.219. The van der Waals surface area contributed by atoms with Gasteiger partial charge in [0, 0.05) is 19.4 Å². The number of rotatable bonds is 5. The molecule has 2 saturated heterocycles. The first-order valence-corrected chi connectivity index (χ1v) is 6.69. The zero-order chi connectivity index (χ0) is 15.0. The first-order valence-electron chi connectivity index (χ1n) is 6.69. The molecule has 112 valence electrons. The van der Waals surface area contributed by atoms with Crippen molar-refractivity contribution in [3.05, 3.63) is 0 Å². The smallest absolute Gasteiger partial charge is 0.270 e. The van der Waals surface area contributed by atoms with Gasteiger partial charge in [-0.15, -0.1) is 0 Å². The van der Waals surface area contributed by atoms with Crippen molar-refractivity contribution in [2.24, 2.45) is 11.5 Å². The highest BCUT2D eigenvalue weighted by Crippen LogP contribution is 2.35. The lowest BCUT2D eigenvalue weighted by Crippen LogP contribution is -2.61. The van der Waals surface area contributed by atoms with Crippen LogP contribution in [0.2, 0.25) is 0 Å². The Labute approximate surface area is 116 Å². The number of nitrogens with zero attached hydrogens (tertiary/aromatic N) is 1. The number of amides is 3. The second kappa shape index (κ2) is 5.02. The summed E-state index contributed by atoms with van der Waals surface area (Å²) in [5, 5.41) is 13.6. The minimum Gasteiger partial charge on any atom is -0.370 e. The average Bonchev–Trinajstić information content (AvgIpc) is 2.97. The standard InChI is InChI=1S/C12H20N4O4/c13-8(17)2-4-12(20,9(14)18)16-7-5-11(10(16)19)3-1-6-15-11/h15,20H,1-7H2,(H2,13,17)(H2,14,18). The van der Waals surface area contributed by atoms with Gasteiger partial charge in [-0.1, -0.05) is 0 Å². The van der Waals surface area contributed by atoms with E-state index in [2.05, 4.69) is 5.32 Å². The van der Waals surface area contributed by atoms with Crippen molar-refractivity contribution < 1.29 is 19.5 Å². The molecule has 6 N–H and O–H groups in total. The van der Waals surface area contributed by atoms with E-state index < -0.39 is 23.1 Å². The van der Waals surface area contributed by atoms with E-state index in [0.717, 1.165) is 17.9 Å². The second-order valence-electron chi connectivity index (χ2n) is 5.47. The molecule has 0 saturated carbocycles. The number of likely N-dealkylation sites (tertiary alicyclic amines) is 1. The van der Waals surface area contributed by atoms with Gasteiger partial charge in [-0.05, 0) is 25.8 Å². The number of carbonyl (C=O) groups excluding carboxylic acids is 3. The topological polar surface area (TPSA) is 139 Å². The SMILES string of the molecule is NC(=O)CCC(O)(C(N)=O)N1CCC2(CCCN2)C1=O. The van der Waals surface area contributed by atoms with Gasteiger partial charge in [0.05, 0.1) is 5.54 Å². The summed E-state index contributed by atoms with van der Waals surface area (Å²) in [4.78, 5) is 36.0. The highest BCUT2D eigenvalue weighted by Gasteiger charge is 2.55. The fourth-order valence-corrected chi connectivity index (χ4v) is 3.01. The van der Waals surface area contributed by atoms with Gasteiger partial charge in [-0.3, -0.25) is 14.4 Å². The molecule has 3 amide bonds. The summed E-state index contributed by atoms with van der Waals surface area (Å²) in [7, 11) is 0. The Kier molecular flexibility index (Phi) is 3.70. The van der Waals surface area contributed by atoms with Crippen LogP contribution in [-0.4, -0.2) is 52.1 Å². The zero-order valence-electron chi connectivity index (χ0n) is 11.2. The number of hydrogen-bond donors (Lipinski definition) is 4. The highest BCUT2D eigenvalue weighted by molar-refractivity contribution is 5.95. The van der Waals surface area contributed by atoms with E-state index in [-0.39, 0.29) is 25.3 Å². The number of hydrogen-bond acceptors (Lipinski definition) is 5. The first kappa shape index (κ1) is 14.7. The Morgan fingerprint density at radius 2 is 2.10 bits per heavy atom. The van der Waals surface area contributed by atoms with E-state index in [1.165, 1.54) is 0 Å². The molecular weight excluding hydrogens is 264 g/mol. The molecular formula is C12H20N4O4. The molecule has 0 bridgehead atoms. The molecule has 20 heavy (non-hydrogen) atoms. The molecule has 1 spiro atoms. The molecule has 0 aromatic rings. The third-order valence-corrected chi connectivity index (χ3v) is 4.22. The normalized spacial score (nSPS) is 28.9. The monoisotopic (exact) mass is 284 g/mol. The van der Waals surface area contributed by atoms with Gasteiger partial charge in [0.25, 0.3) is 5.91 Å². The molecule has 0 aliphatic carbocycles. The van der Waals surface area contributed by atoms with Crippen molar-refractivity contribution in [3.8, 4) is 0 Å². The van der Waals surface area contributed by atoms with Crippen LogP contribution < -0.4 is 16.8 Å². The van der Waals surface area contributed by atoms with Gasteiger partial charge in [0.2, 0.25) is 17.5 Å². The fourth-order valence-electron chi connectivity index (χ4n) is 3.01. The fraction of sp³-hybridized carbons (Fsp3) is 0.750. The van der Waals surface area contributed by atoms with E-state index in [0.29, 0.717) is 12.8 Å². The number of aliphatic hydroxyl groups is 1. The minimum atomic E-state index is -2.15. The quantitative estimate of drug-likeness (QED) is 0.453. The summed E-state index contributed by atoms with van der Waals surface area (Å²) >= 11 is 0. The summed E-state index contributed by atoms with van der Waals surface area (Å²) in [5.41, 5.74) is 7.41. The third-order valence-electron chi connectivity index (χ3n) is 4.22. The molecule has 2 aliphatic rings. The molecule has 2 unspecified atom stereocenters. The lowest BCUT2D eigenvalue weighted by atomic mass is 9.95. The predicted octanol–water partition coefficient (Wildman–Crippen LogP) is -2.22. The molecule has 2 rings (SSSR count). The maximum Gasteiger partial charge on any atom is 0.270 e. The van der Waals surface area contributed by atoms with Crippen LogP contribution in [0.4, 0.5) is 0 Å². The summed E-state index contributed by atoms with van der Waals surface area (Å²) in [5.74, 6) is -2.03. The van der Waals surface area contributed by atoms with Crippen molar-refractivity contribution in [1.82, 2.24) is 10.2 Å². The van der Waals surface area contributed by atoms with E-state index in [1.807, 2.05) is 0 Å². The molecule has 8 heteroatoms. The molecule has 8 nitrogen and oxygen atoms in total. The molecule has 2 fully saturated rings. The van der Waals surface area contributed by atoms with Crippen molar-refractivity contribution in [2.45, 2.75) is 43.4 Å². The zero-order valence-corrected chi connectivity index (χ0v) is 11.2. The lowest BCUT2D eigenvalue weighted by molar-refractivity contribution is -0.172. The summed E-state index contributed by atoms with van der Waals surface area (Å²) in [6.45, 7) is 0.958. The summed E-state index contributed by atoms with van der Waals surface area (Å²) in [6, 6.07) is 0. The van der Waals surface area contributed by atoms with Crippen LogP contribution in [0.25, 0.3) is 0 Å². The second-order valence-corrected chi connectivity index (χ2v) is 5.47. The highest BCUT2D eigenvalue weighted by atomic mass is 16.3. The Balaban J connectivity index is 2.20. The van der Waals surface area contributed by atoms with Crippen LogP contribution in [0.3, 0.4) is 0 Å². The number of nitrogens with one attached hydrogen (secondary N) is 1. The van der Waals surface area contributed by atoms with Crippen LogP contribution in [0, 0.1) is 0 Å². The van der Waals surface area contributed by atoms with Crippen LogP contribution in [-0.2, 0) is 14.4 Å². The van der Waals surface area contributed by atoms with E-state index in [4.69, 9.17) is 11.5 Å². The van der Waals surface area contributed by atoms with Gasteiger partial charge in [-0.2, -0.15) is 0 Å². The van der Waals surface area contributed by atoms with Crippen molar-refractivity contribution >= 4 is 17.7 Å². The number of nitrogens with two attached hydrogens (primary N) is 2. The number of primary amides is 2. The Morgan fingerprint density at radius 1 is 1.40 bits per heavy atom. The van der Waals surface area contributed by atoms with Crippen LogP contribution in [0.15, 0.2) is 0 Å². The molecule has 0 aromatic heterocycles. The van der Waals surface area contributed by atoms with Crippen LogP contribution in [0.1, 0.15) is 32.1 Å². The van der Waals surface area contributed by atoms with E-state index in [9.17, 15) is 19.5 Å². The maximum absolute atomic E-state index is 12.5. The lowest BCUT2D eigenvalue weighted by Gasteiger charge is -2.35. The number of carbonyl (C=O) groups is 3. The van der Waals surface area contributed by atoms with Crippen molar-refractivity contribution in [1.29, 1.82) is 0 Å². The van der Waals surface area contributed by atoms with Gasteiger partial charge < -0.3 is 26.8 Å². The van der Waals surface area contributed by atoms with E-state index >= 15 is 0 Å². The molecule has 2 aliphatic heterocycles. The van der Waals surface area contributed by atoms with Crippen molar-refractivity contribution in [3.63, 3.8) is 0 Å². The van der Waals surface area contributed by atoms with Gasteiger partial charge >= 0.3 is 0 Å². The van der Waals surface area contributed by atoms with Crippen molar-refractivity contribution in [2.75, 3.05) is 13.1 Å². The Hall–Kier alpha value is -1.67. The summed E-state index contributed by atoms with van der Waals surface area (Å²) in [6.07, 6.45) is 1.56. The van der Waals surface area contributed by atoms with Crippen LogP contribution in [0.5, 0.6) is 0 Å². The Morgan fingerprint density at radius 3 is 2.60 bits per heavy atom. The molecule has 2 atom stereocenters. The van der Waals surface area contributed by atoms with E-state index in [1.54, 1.807) is 0 Å². The van der Waals surface area contributed by atoms with Gasteiger partial charge in [0.1, 0.15) is 0 Å². The molecule has 0 aromatic carbocycles. The predicted molar refractivity (Wildman–Crippen MR) is 68.9 cm³/mol. The Bertz CT molecular complexity index is 447. The van der Waals surface area contributed by atoms with Crippen LogP contribution >= 0.6 is 0 Å². The first-order chi connectivity index (χ1) is 9.32. The third kappa shape index (κ3) is 2.25. The van der Waals surface area contributed by atoms with Gasteiger partial charge in [0.15, 0.2) is 0 Å².